The van der Waals surface area contributed by atoms with Gasteiger partial charge in [-0.3, -0.25) is 4.79 Å². The van der Waals surface area contributed by atoms with Gasteiger partial charge in [0.05, 0.1) is 0 Å². The van der Waals surface area contributed by atoms with Crippen molar-refractivity contribution in [1.82, 2.24) is 4.98 Å². The van der Waals surface area contributed by atoms with Crippen LogP contribution in [0.1, 0.15) is 42.4 Å². The number of rotatable bonds is 2. The molecule has 1 heterocycles. The summed E-state index contributed by atoms with van der Waals surface area (Å²) < 4.78 is 0. The van der Waals surface area contributed by atoms with E-state index in [0.717, 1.165) is 11.3 Å². The number of carbonyl (C=O) groups excluding carboxylic acids is 1. The molecule has 2 aromatic rings. The molecule has 0 aliphatic carbocycles. The Bertz CT molecular complexity index is 627. The molecule has 0 bridgehead atoms. The van der Waals surface area contributed by atoms with E-state index in [1.54, 1.807) is 6.07 Å². The third-order valence-corrected chi connectivity index (χ3v) is 3.12. The second kappa shape index (κ2) is 5.45. The van der Waals surface area contributed by atoms with Gasteiger partial charge in [0.15, 0.2) is 0 Å². The van der Waals surface area contributed by atoms with Crippen molar-refractivity contribution in [2.75, 3.05) is 5.32 Å². The van der Waals surface area contributed by atoms with Gasteiger partial charge in [-0.25, -0.2) is 4.98 Å². The Labute approximate surface area is 120 Å². The van der Waals surface area contributed by atoms with Gasteiger partial charge in [-0.15, -0.1) is 0 Å². The molecule has 3 heteroatoms. The zero-order valence-electron chi connectivity index (χ0n) is 12.4. The Morgan fingerprint density at radius 1 is 1.10 bits per heavy atom. The summed E-state index contributed by atoms with van der Waals surface area (Å²) in [5.74, 6) is 0.449. The van der Waals surface area contributed by atoms with Crippen LogP contribution in [-0.4, -0.2) is 10.9 Å². The van der Waals surface area contributed by atoms with Crippen molar-refractivity contribution in [3.05, 3.63) is 59.3 Å². The van der Waals surface area contributed by atoms with Gasteiger partial charge >= 0.3 is 0 Å². The maximum atomic E-state index is 12.3. The average molecular weight is 268 g/mol. The van der Waals surface area contributed by atoms with E-state index in [1.165, 1.54) is 0 Å². The molecule has 1 amide bonds. The van der Waals surface area contributed by atoms with Crippen LogP contribution in [0, 0.1) is 6.92 Å². The number of aryl methyl sites for hydroxylation is 1. The molecule has 0 unspecified atom stereocenters. The lowest BCUT2D eigenvalue weighted by Crippen LogP contribution is -2.16. The lowest BCUT2D eigenvalue weighted by molar-refractivity contribution is 0.102. The van der Waals surface area contributed by atoms with Crippen molar-refractivity contribution < 1.29 is 4.79 Å². The molecule has 0 aliphatic heterocycles. The molecule has 1 aromatic heterocycles. The van der Waals surface area contributed by atoms with Crippen LogP contribution in [0.5, 0.6) is 0 Å². The highest BCUT2D eigenvalue weighted by molar-refractivity contribution is 6.03. The molecule has 0 aliphatic rings. The summed E-state index contributed by atoms with van der Waals surface area (Å²) >= 11 is 0. The van der Waals surface area contributed by atoms with E-state index in [2.05, 4.69) is 31.1 Å². The first-order chi connectivity index (χ1) is 9.36. The lowest BCUT2D eigenvalue weighted by atomic mass is 9.86. The highest BCUT2D eigenvalue weighted by atomic mass is 16.1. The summed E-state index contributed by atoms with van der Waals surface area (Å²) in [6.07, 6.45) is 0. The van der Waals surface area contributed by atoms with Gasteiger partial charge in [0.2, 0.25) is 0 Å². The van der Waals surface area contributed by atoms with Crippen LogP contribution in [0.3, 0.4) is 0 Å². The predicted molar refractivity (Wildman–Crippen MR) is 82.1 cm³/mol. The molecule has 1 N–H and O–H groups in total. The van der Waals surface area contributed by atoms with Crippen molar-refractivity contribution >= 4 is 11.7 Å². The molecule has 3 nitrogen and oxygen atoms in total. The minimum absolute atomic E-state index is 0.0257. The summed E-state index contributed by atoms with van der Waals surface area (Å²) in [5.41, 5.74) is 2.70. The van der Waals surface area contributed by atoms with Crippen molar-refractivity contribution in [2.45, 2.75) is 33.1 Å². The van der Waals surface area contributed by atoms with Crippen LogP contribution < -0.4 is 5.32 Å². The fourth-order valence-corrected chi connectivity index (χ4v) is 1.93. The number of amides is 1. The number of hydrogen-bond acceptors (Lipinski definition) is 2. The zero-order chi connectivity index (χ0) is 14.8. The standard InChI is InChI=1S/C17H20N2O/c1-12-7-5-10-15(18-12)19-16(20)13-8-6-9-14(11-13)17(2,3)4/h5-11H,1-4H3,(H,18,19,20). The minimum Gasteiger partial charge on any atom is -0.307 e. The topological polar surface area (TPSA) is 42.0 Å². The number of nitrogens with one attached hydrogen (secondary N) is 1. The first-order valence-corrected chi connectivity index (χ1v) is 6.72. The van der Waals surface area contributed by atoms with Gasteiger partial charge in [-0.1, -0.05) is 39.0 Å². The van der Waals surface area contributed by atoms with Crippen LogP contribution in [0.15, 0.2) is 42.5 Å². The molecule has 2 rings (SSSR count). The Morgan fingerprint density at radius 2 is 1.80 bits per heavy atom. The second-order valence-corrected chi connectivity index (χ2v) is 5.95. The molecule has 104 valence electrons. The molecule has 0 saturated heterocycles. The summed E-state index contributed by atoms with van der Waals surface area (Å²) in [6.45, 7) is 8.29. The van der Waals surface area contributed by atoms with E-state index in [0.29, 0.717) is 11.4 Å². The maximum Gasteiger partial charge on any atom is 0.256 e. The Balaban J connectivity index is 2.22. The largest absolute Gasteiger partial charge is 0.307 e. The van der Waals surface area contributed by atoms with Gasteiger partial charge in [-0.2, -0.15) is 0 Å². The molecule has 0 atom stereocenters. The van der Waals surface area contributed by atoms with Gasteiger partial charge in [0, 0.05) is 11.3 Å². The van der Waals surface area contributed by atoms with Crippen LogP contribution in [0.25, 0.3) is 0 Å². The highest BCUT2D eigenvalue weighted by Crippen LogP contribution is 2.23. The smallest absolute Gasteiger partial charge is 0.256 e. The fourth-order valence-electron chi connectivity index (χ4n) is 1.93. The van der Waals surface area contributed by atoms with Crippen LogP contribution in [-0.2, 0) is 5.41 Å². The van der Waals surface area contributed by atoms with E-state index < -0.39 is 0 Å². The number of nitrogens with zero attached hydrogens (tertiary/aromatic N) is 1. The highest BCUT2D eigenvalue weighted by Gasteiger charge is 2.15. The van der Waals surface area contributed by atoms with Crippen LogP contribution in [0.2, 0.25) is 0 Å². The molecular weight excluding hydrogens is 248 g/mol. The molecule has 0 fully saturated rings. The van der Waals surface area contributed by atoms with Gasteiger partial charge in [0.25, 0.3) is 5.91 Å². The quantitative estimate of drug-likeness (QED) is 0.896. The van der Waals surface area contributed by atoms with Crippen molar-refractivity contribution in [3.8, 4) is 0 Å². The SMILES string of the molecule is Cc1cccc(NC(=O)c2cccc(C(C)(C)C)c2)n1. The van der Waals surface area contributed by atoms with E-state index >= 15 is 0 Å². The summed E-state index contributed by atoms with van der Waals surface area (Å²) in [7, 11) is 0. The van der Waals surface area contributed by atoms with E-state index in [1.807, 2.05) is 43.3 Å². The molecule has 0 spiro atoms. The zero-order valence-corrected chi connectivity index (χ0v) is 12.4. The van der Waals surface area contributed by atoms with Gasteiger partial charge in [0.1, 0.15) is 5.82 Å². The minimum atomic E-state index is -0.130. The average Bonchev–Trinajstić information content (AvgIpc) is 2.38. The predicted octanol–water partition coefficient (Wildman–Crippen LogP) is 3.94. The monoisotopic (exact) mass is 268 g/mol. The van der Waals surface area contributed by atoms with Crippen molar-refractivity contribution in [2.24, 2.45) is 0 Å². The molecular formula is C17H20N2O. The van der Waals surface area contributed by atoms with Crippen LogP contribution >= 0.6 is 0 Å². The Morgan fingerprint density at radius 3 is 2.45 bits per heavy atom. The maximum absolute atomic E-state index is 12.3. The number of anilines is 1. The summed E-state index contributed by atoms with van der Waals surface area (Å²) in [5, 5.41) is 2.83. The van der Waals surface area contributed by atoms with Crippen molar-refractivity contribution in [3.63, 3.8) is 0 Å². The summed E-state index contributed by atoms with van der Waals surface area (Å²) in [6, 6.07) is 13.3. The number of carbonyl (C=O) groups is 1. The van der Waals surface area contributed by atoms with Crippen molar-refractivity contribution in [1.29, 1.82) is 0 Å². The summed E-state index contributed by atoms with van der Waals surface area (Å²) in [4.78, 5) is 16.5. The number of pyridine rings is 1. The molecule has 0 saturated carbocycles. The van der Waals surface area contributed by atoms with E-state index in [4.69, 9.17) is 0 Å². The first-order valence-electron chi connectivity index (χ1n) is 6.72. The number of hydrogen-bond donors (Lipinski definition) is 1. The number of benzene rings is 1. The molecule has 0 radical (unpaired) electrons. The third kappa shape index (κ3) is 3.44. The van der Waals surface area contributed by atoms with Gasteiger partial charge < -0.3 is 5.32 Å². The number of aromatic nitrogens is 1. The normalized spacial score (nSPS) is 11.2. The molecule has 20 heavy (non-hydrogen) atoms. The Kier molecular flexibility index (Phi) is 3.89. The van der Waals surface area contributed by atoms with E-state index in [-0.39, 0.29) is 11.3 Å². The lowest BCUT2D eigenvalue weighted by Gasteiger charge is -2.19. The Hall–Kier alpha value is -2.16. The second-order valence-electron chi connectivity index (χ2n) is 5.95. The first kappa shape index (κ1) is 14.3. The molecule has 1 aromatic carbocycles. The van der Waals surface area contributed by atoms with Gasteiger partial charge in [-0.05, 0) is 42.2 Å². The van der Waals surface area contributed by atoms with Crippen LogP contribution in [0.4, 0.5) is 5.82 Å². The third-order valence-electron chi connectivity index (χ3n) is 3.12. The fraction of sp³-hybridized carbons (Fsp3) is 0.294. The van der Waals surface area contributed by atoms with E-state index in [9.17, 15) is 4.79 Å².